The summed E-state index contributed by atoms with van der Waals surface area (Å²) in [4.78, 5) is 7.24. The highest BCUT2D eigenvalue weighted by Gasteiger charge is 2.24. The first-order chi connectivity index (χ1) is 19.4. The summed E-state index contributed by atoms with van der Waals surface area (Å²) in [5, 5.41) is 4.54. The smallest absolute Gasteiger partial charge is 0.307 e. The van der Waals surface area contributed by atoms with Crippen molar-refractivity contribution in [2.45, 2.75) is 0 Å². The number of hydrogen-bond donors (Lipinski definition) is 0. The third-order valence-corrected chi connectivity index (χ3v) is 7.41. The summed E-state index contributed by atoms with van der Waals surface area (Å²) in [5.41, 5.74) is 7.04. The fourth-order valence-electron chi connectivity index (χ4n) is 5.72. The van der Waals surface area contributed by atoms with Crippen molar-refractivity contribution in [3.05, 3.63) is 140 Å². The molecule has 0 aliphatic heterocycles. The lowest BCUT2D eigenvalue weighted by Gasteiger charge is -2.22. The lowest BCUT2D eigenvalue weighted by atomic mass is 10.1. The van der Waals surface area contributed by atoms with Crippen molar-refractivity contribution in [1.82, 2.24) is 9.55 Å². The molecule has 0 amide bonds. The van der Waals surface area contributed by atoms with E-state index in [-0.39, 0.29) is 0 Å². The molecule has 184 valence electrons. The van der Waals surface area contributed by atoms with Crippen LogP contribution in [0, 0.1) is 0 Å². The SMILES string of the molecule is c1ccc(N(c2nc3c(ccc4ccccc43)o2)c2cccc3c2c2ccccc2n3-c2ccccc2)cc1. The number of para-hydroxylation sites is 3. The van der Waals surface area contributed by atoms with Crippen LogP contribution in [0.4, 0.5) is 17.4 Å². The number of anilines is 3. The zero-order valence-electron chi connectivity index (χ0n) is 21.0. The highest BCUT2D eigenvalue weighted by Crippen LogP contribution is 2.44. The predicted molar refractivity (Wildman–Crippen MR) is 161 cm³/mol. The molecule has 0 radical (unpaired) electrons. The van der Waals surface area contributed by atoms with Gasteiger partial charge in [0, 0.05) is 21.8 Å². The summed E-state index contributed by atoms with van der Waals surface area (Å²) in [6.07, 6.45) is 0. The van der Waals surface area contributed by atoms with Gasteiger partial charge in [-0.2, -0.15) is 4.98 Å². The normalized spacial score (nSPS) is 11.6. The minimum Gasteiger partial charge on any atom is -0.423 e. The minimum atomic E-state index is 0.539. The van der Waals surface area contributed by atoms with E-state index in [1.54, 1.807) is 0 Å². The van der Waals surface area contributed by atoms with Gasteiger partial charge in [-0.1, -0.05) is 91.0 Å². The summed E-state index contributed by atoms with van der Waals surface area (Å²) < 4.78 is 8.84. The van der Waals surface area contributed by atoms with Gasteiger partial charge in [-0.25, -0.2) is 0 Å². The average molecular weight is 502 g/mol. The van der Waals surface area contributed by atoms with Gasteiger partial charge < -0.3 is 8.98 Å². The number of fused-ring (bicyclic) bond motifs is 6. The second kappa shape index (κ2) is 8.61. The molecule has 6 aromatic carbocycles. The van der Waals surface area contributed by atoms with Crippen molar-refractivity contribution in [3.8, 4) is 5.69 Å². The number of benzene rings is 6. The average Bonchev–Trinajstić information content (AvgIpc) is 3.58. The highest BCUT2D eigenvalue weighted by atomic mass is 16.4. The summed E-state index contributed by atoms with van der Waals surface area (Å²) in [6, 6.07) is 48.8. The zero-order valence-corrected chi connectivity index (χ0v) is 21.0. The third kappa shape index (κ3) is 3.35. The Hall–Kier alpha value is -5.35. The summed E-state index contributed by atoms with van der Waals surface area (Å²) in [5.74, 6) is 0. The first-order valence-electron chi connectivity index (χ1n) is 13.1. The molecule has 0 N–H and O–H groups in total. The van der Waals surface area contributed by atoms with Crippen LogP contribution in [0.1, 0.15) is 0 Å². The molecule has 39 heavy (non-hydrogen) atoms. The largest absolute Gasteiger partial charge is 0.423 e. The van der Waals surface area contributed by atoms with Crippen molar-refractivity contribution in [1.29, 1.82) is 0 Å². The fourth-order valence-corrected chi connectivity index (χ4v) is 5.72. The first kappa shape index (κ1) is 21.7. The number of oxazole rings is 1. The number of hydrogen-bond acceptors (Lipinski definition) is 3. The molecule has 2 heterocycles. The summed E-state index contributed by atoms with van der Waals surface area (Å²) >= 11 is 0. The van der Waals surface area contributed by atoms with Crippen LogP contribution in [0.2, 0.25) is 0 Å². The van der Waals surface area contributed by atoms with Gasteiger partial charge in [0.1, 0.15) is 5.52 Å². The monoisotopic (exact) mass is 501 g/mol. The molecule has 4 nitrogen and oxygen atoms in total. The van der Waals surface area contributed by atoms with E-state index in [1.165, 1.54) is 5.39 Å². The molecule has 0 saturated carbocycles. The molecule has 0 aliphatic rings. The molecule has 0 saturated heterocycles. The van der Waals surface area contributed by atoms with Gasteiger partial charge in [-0.05, 0) is 53.9 Å². The molecule has 2 aromatic heterocycles. The van der Waals surface area contributed by atoms with E-state index in [1.807, 2.05) is 30.3 Å². The Labute approximate surface area is 225 Å². The molecule has 8 aromatic rings. The molecule has 0 atom stereocenters. The van der Waals surface area contributed by atoms with Gasteiger partial charge in [-0.15, -0.1) is 0 Å². The van der Waals surface area contributed by atoms with Crippen LogP contribution in [0.25, 0.3) is 49.4 Å². The van der Waals surface area contributed by atoms with Gasteiger partial charge in [0.25, 0.3) is 0 Å². The van der Waals surface area contributed by atoms with Crippen LogP contribution in [-0.2, 0) is 0 Å². The van der Waals surface area contributed by atoms with E-state index in [0.29, 0.717) is 6.01 Å². The quantitative estimate of drug-likeness (QED) is 0.241. The van der Waals surface area contributed by atoms with Crippen LogP contribution in [-0.4, -0.2) is 9.55 Å². The minimum absolute atomic E-state index is 0.539. The third-order valence-electron chi connectivity index (χ3n) is 7.41. The van der Waals surface area contributed by atoms with Gasteiger partial charge in [-0.3, -0.25) is 4.90 Å². The van der Waals surface area contributed by atoms with Crippen molar-refractivity contribution in [3.63, 3.8) is 0 Å². The Kier molecular flexibility index (Phi) is 4.79. The van der Waals surface area contributed by atoms with Crippen molar-refractivity contribution >= 4 is 61.1 Å². The molecule has 0 spiro atoms. The molecule has 0 bridgehead atoms. The standard InChI is InChI=1S/C35H23N3O/c1-3-13-25(14-4-1)37-29-19-10-9-18-28(29)33-30(37)20-11-21-31(33)38(26-15-5-2-6-16-26)35-36-34-27-17-8-7-12-24(27)22-23-32(34)39-35/h1-23H. The maximum Gasteiger partial charge on any atom is 0.307 e. The van der Waals surface area contributed by atoms with Gasteiger partial charge >= 0.3 is 6.01 Å². The molecule has 8 rings (SSSR count). The van der Waals surface area contributed by atoms with Crippen LogP contribution < -0.4 is 4.90 Å². The van der Waals surface area contributed by atoms with Gasteiger partial charge in [0.05, 0.1) is 22.4 Å². The molecular formula is C35H23N3O. The Morgan fingerprint density at radius 1 is 0.564 bits per heavy atom. The second-order valence-corrected chi connectivity index (χ2v) is 9.66. The van der Waals surface area contributed by atoms with E-state index < -0.39 is 0 Å². The second-order valence-electron chi connectivity index (χ2n) is 9.66. The van der Waals surface area contributed by atoms with Crippen molar-refractivity contribution < 1.29 is 4.42 Å². The lowest BCUT2D eigenvalue weighted by molar-refractivity contribution is 0.609. The molecule has 4 heteroatoms. The van der Waals surface area contributed by atoms with Crippen molar-refractivity contribution in [2.75, 3.05) is 4.90 Å². The number of aromatic nitrogens is 2. The van der Waals surface area contributed by atoms with E-state index in [2.05, 4.69) is 119 Å². The van der Waals surface area contributed by atoms with Crippen molar-refractivity contribution in [2.24, 2.45) is 0 Å². The molecule has 0 unspecified atom stereocenters. The maximum absolute atomic E-state index is 6.51. The Bertz CT molecular complexity index is 2120. The lowest BCUT2D eigenvalue weighted by Crippen LogP contribution is -2.10. The molecule has 0 fully saturated rings. The van der Waals surface area contributed by atoms with Gasteiger partial charge in [0.15, 0.2) is 5.58 Å². The number of rotatable bonds is 4. The first-order valence-corrected chi connectivity index (χ1v) is 13.1. The fraction of sp³-hybridized carbons (Fsp3) is 0. The molecule has 0 aliphatic carbocycles. The van der Waals surface area contributed by atoms with Crippen LogP contribution >= 0.6 is 0 Å². The maximum atomic E-state index is 6.51. The Morgan fingerprint density at radius 2 is 1.26 bits per heavy atom. The number of nitrogens with zero attached hydrogens (tertiary/aromatic N) is 3. The van der Waals surface area contributed by atoms with Crippen LogP contribution in [0.15, 0.2) is 144 Å². The van der Waals surface area contributed by atoms with Crippen LogP contribution in [0.5, 0.6) is 0 Å². The summed E-state index contributed by atoms with van der Waals surface area (Å²) in [7, 11) is 0. The van der Waals surface area contributed by atoms with Crippen LogP contribution in [0.3, 0.4) is 0 Å². The highest BCUT2D eigenvalue weighted by molar-refractivity contribution is 6.16. The molecular weight excluding hydrogens is 478 g/mol. The Morgan fingerprint density at radius 3 is 2.10 bits per heavy atom. The zero-order chi connectivity index (χ0) is 25.8. The topological polar surface area (TPSA) is 34.2 Å². The Balaban J connectivity index is 1.46. The van der Waals surface area contributed by atoms with E-state index >= 15 is 0 Å². The van der Waals surface area contributed by atoms with E-state index in [0.717, 1.165) is 55.4 Å². The van der Waals surface area contributed by atoms with Gasteiger partial charge in [0.2, 0.25) is 0 Å². The van der Waals surface area contributed by atoms with E-state index in [4.69, 9.17) is 9.40 Å². The predicted octanol–water partition coefficient (Wildman–Crippen LogP) is 9.55. The van der Waals surface area contributed by atoms with E-state index in [9.17, 15) is 0 Å². The summed E-state index contributed by atoms with van der Waals surface area (Å²) in [6.45, 7) is 0.